The van der Waals surface area contributed by atoms with Crippen LogP contribution in [0.15, 0.2) is 24.4 Å². The third kappa shape index (κ3) is 3.13. The SMILES string of the molecule is COc1cc2nccc(NCC3CC4(CCOCC4)C3)c2cc1OC. The van der Waals surface area contributed by atoms with Gasteiger partial charge in [0.2, 0.25) is 0 Å². The Balaban J connectivity index is 1.46. The number of aromatic nitrogens is 1. The summed E-state index contributed by atoms with van der Waals surface area (Å²) in [6.07, 6.45) is 6.96. The number of hydrogen-bond donors (Lipinski definition) is 1. The molecule has 4 rings (SSSR count). The number of rotatable bonds is 5. The van der Waals surface area contributed by atoms with Crippen LogP contribution in [0.5, 0.6) is 11.5 Å². The van der Waals surface area contributed by atoms with E-state index < -0.39 is 0 Å². The van der Waals surface area contributed by atoms with Crippen molar-refractivity contribution in [1.29, 1.82) is 0 Å². The predicted octanol–water partition coefficient (Wildman–Crippen LogP) is 3.87. The average molecular weight is 342 g/mol. The minimum Gasteiger partial charge on any atom is -0.493 e. The van der Waals surface area contributed by atoms with E-state index in [2.05, 4.69) is 10.3 Å². The third-order valence-electron chi connectivity index (χ3n) is 5.82. The van der Waals surface area contributed by atoms with Gasteiger partial charge in [-0.1, -0.05) is 0 Å². The summed E-state index contributed by atoms with van der Waals surface area (Å²) in [4.78, 5) is 4.47. The second-order valence-corrected chi connectivity index (χ2v) is 7.35. The Bertz CT molecular complexity index is 748. The number of ether oxygens (including phenoxy) is 3. The molecule has 5 nitrogen and oxygen atoms in total. The smallest absolute Gasteiger partial charge is 0.162 e. The van der Waals surface area contributed by atoms with Crippen molar-refractivity contribution in [3.63, 3.8) is 0 Å². The molecule has 0 atom stereocenters. The van der Waals surface area contributed by atoms with Gasteiger partial charge in [-0.05, 0) is 49.1 Å². The van der Waals surface area contributed by atoms with Crippen molar-refractivity contribution in [2.75, 3.05) is 39.3 Å². The van der Waals surface area contributed by atoms with E-state index in [1.807, 2.05) is 24.4 Å². The first-order chi connectivity index (χ1) is 12.2. The van der Waals surface area contributed by atoms with E-state index in [1.165, 1.54) is 25.7 Å². The van der Waals surface area contributed by atoms with Crippen LogP contribution in [0.4, 0.5) is 5.69 Å². The highest BCUT2D eigenvalue weighted by molar-refractivity contribution is 5.93. The quantitative estimate of drug-likeness (QED) is 0.894. The van der Waals surface area contributed by atoms with Crippen molar-refractivity contribution < 1.29 is 14.2 Å². The highest BCUT2D eigenvalue weighted by atomic mass is 16.5. The molecule has 0 radical (unpaired) electrons. The molecular weight excluding hydrogens is 316 g/mol. The Morgan fingerprint density at radius 3 is 2.60 bits per heavy atom. The number of nitrogens with one attached hydrogen (secondary N) is 1. The number of benzene rings is 1. The molecule has 1 N–H and O–H groups in total. The maximum Gasteiger partial charge on any atom is 0.162 e. The summed E-state index contributed by atoms with van der Waals surface area (Å²) in [5.41, 5.74) is 2.60. The first kappa shape index (κ1) is 16.5. The second kappa shape index (κ2) is 6.71. The predicted molar refractivity (Wildman–Crippen MR) is 98.5 cm³/mol. The maximum atomic E-state index is 5.51. The number of methoxy groups -OCH3 is 2. The first-order valence-corrected chi connectivity index (χ1v) is 9.05. The van der Waals surface area contributed by atoms with Gasteiger partial charge in [0.1, 0.15) is 0 Å². The maximum absolute atomic E-state index is 5.51. The summed E-state index contributed by atoms with van der Waals surface area (Å²) in [7, 11) is 3.31. The van der Waals surface area contributed by atoms with Crippen LogP contribution in [0.1, 0.15) is 25.7 Å². The van der Waals surface area contributed by atoms with Gasteiger partial charge in [0.15, 0.2) is 11.5 Å². The molecular formula is C20H26N2O3. The monoisotopic (exact) mass is 342 g/mol. The van der Waals surface area contributed by atoms with Gasteiger partial charge in [-0.3, -0.25) is 4.98 Å². The molecule has 2 aliphatic rings. The van der Waals surface area contributed by atoms with Crippen LogP contribution in [0.2, 0.25) is 0 Å². The molecule has 0 unspecified atom stereocenters. The fourth-order valence-electron chi connectivity index (χ4n) is 4.40. The standard InChI is InChI=1S/C20H26N2O3/c1-23-18-9-15-16(3-6-21-17(15)10-19(18)24-2)22-13-14-11-20(12-14)4-7-25-8-5-20/h3,6,9-10,14H,4-5,7-8,11-13H2,1-2H3,(H,21,22). The van der Waals surface area contributed by atoms with Gasteiger partial charge in [-0.25, -0.2) is 0 Å². The number of hydrogen-bond acceptors (Lipinski definition) is 5. The third-order valence-corrected chi connectivity index (χ3v) is 5.82. The van der Waals surface area contributed by atoms with Crippen LogP contribution in [0, 0.1) is 11.3 Å². The lowest BCUT2D eigenvalue weighted by atomic mass is 9.58. The molecule has 0 amide bonds. The molecule has 25 heavy (non-hydrogen) atoms. The van der Waals surface area contributed by atoms with Crippen LogP contribution in [0.3, 0.4) is 0 Å². The lowest BCUT2D eigenvalue weighted by molar-refractivity contribution is -0.0552. The van der Waals surface area contributed by atoms with E-state index in [0.29, 0.717) is 11.2 Å². The van der Waals surface area contributed by atoms with E-state index in [-0.39, 0.29) is 0 Å². The summed E-state index contributed by atoms with van der Waals surface area (Å²) in [6.45, 7) is 2.89. The fourth-order valence-corrected chi connectivity index (χ4v) is 4.40. The van der Waals surface area contributed by atoms with Gasteiger partial charge in [0.05, 0.1) is 19.7 Å². The minimum absolute atomic E-state index is 0.571. The molecule has 1 aromatic heterocycles. The lowest BCUT2D eigenvalue weighted by Crippen LogP contribution is -2.44. The summed E-state index contributed by atoms with van der Waals surface area (Å²) in [6, 6.07) is 5.97. The van der Waals surface area contributed by atoms with Crippen LogP contribution in [0.25, 0.3) is 10.9 Å². The molecule has 134 valence electrons. The molecule has 2 heterocycles. The number of nitrogens with zero attached hydrogens (tertiary/aromatic N) is 1. The summed E-state index contributed by atoms with van der Waals surface area (Å²) < 4.78 is 16.3. The van der Waals surface area contributed by atoms with E-state index >= 15 is 0 Å². The van der Waals surface area contributed by atoms with Crippen LogP contribution in [-0.2, 0) is 4.74 Å². The average Bonchev–Trinajstić information content (AvgIpc) is 2.64. The molecule has 1 saturated heterocycles. The highest BCUT2D eigenvalue weighted by Gasteiger charge is 2.44. The van der Waals surface area contributed by atoms with Crippen molar-refractivity contribution in [3.8, 4) is 11.5 Å². The van der Waals surface area contributed by atoms with Gasteiger partial charge >= 0.3 is 0 Å². The summed E-state index contributed by atoms with van der Waals surface area (Å²) >= 11 is 0. The molecule has 2 fully saturated rings. The molecule has 1 aliphatic heterocycles. The Kier molecular flexibility index (Phi) is 4.42. The summed E-state index contributed by atoms with van der Waals surface area (Å²) in [5.74, 6) is 2.19. The molecule has 1 saturated carbocycles. The topological polar surface area (TPSA) is 52.6 Å². The van der Waals surface area contributed by atoms with Gasteiger partial charge in [-0.15, -0.1) is 0 Å². The minimum atomic E-state index is 0.571. The lowest BCUT2D eigenvalue weighted by Gasteiger charge is -2.50. The van der Waals surface area contributed by atoms with E-state index in [1.54, 1.807) is 14.2 Å². The Morgan fingerprint density at radius 2 is 1.88 bits per heavy atom. The zero-order valence-corrected chi connectivity index (χ0v) is 15.0. The first-order valence-electron chi connectivity index (χ1n) is 9.05. The molecule has 2 aromatic rings. The van der Waals surface area contributed by atoms with E-state index in [9.17, 15) is 0 Å². The molecule has 1 aromatic carbocycles. The van der Waals surface area contributed by atoms with Crippen molar-refractivity contribution in [2.45, 2.75) is 25.7 Å². The number of pyridine rings is 1. The molecule has 5 heteroatoms. The Labute approximate surface area is 148 Å². The van der Waals surface area contributed by atoms with Gasteiger partial charge in [-0.2, -0.15) is 0 Å². The highest BCUT2D eigenvalue weighted by Crippen LogP contribution is 2.52. The van der Waals surface area contributed by atoms with Crippen molar-refractivity contribution in [3.05, 3.63) is 24.4 Å². The summed E-state index contributed by atoms with van der Waals surface area (Å²) in [5, 5.41) is 4.70. The fraction of sp³-hybridized carbons (Fsp3) is 0.550. The molecule has 1 spiro atoms. The normalized spacial score (nSPS) is 19.6. The molecule has 0 bridgehead atoms. The second-order valence-electron chi connectivity index (χ2n) is 7.35. The largest absolute Gasteiger partial charge is 0.493 e. The zero-order chi connectivity index (χ0) is 17.3. The van der Waals surface area contributed by atoms with Crippen molar-refractivity contribution in [1.82, 2.24) is 4.98 Å². The number of fused-ring (bicyclic) bond motifs is 1. The van der Waals surface area contributed by atoms with Gasteiger partial charge in [0.25, 0.3) is 0 Å². The Morgan fingerprint density at radius 1 is 1.16 bits per heavy atom. The van der Waals surface area contributed by atoms with Gasteiger partial charge in [0, 0.05) is 43.1 Å². The van der Waals surface area contributed by atoms with E-state index in [4.69, 9.17) is 14.2 Å². The zero-order valence-electron chi connectivity index (χ0n) is 15.0. The van der Waals surface area contributed by atoms with Crippen LogP contribution < -0.4 is 14.8 Å². The van der Waals surface area contributed by atoms with Crippen molar-refractivity contribution >= 4 is 16.6 Å². The number of anilines is 1. The molecule has 1 aliphatic carbocycles. The van der Waals surface area contributed by atoms with Gasteiger partial charge < -0.3 is 19.5 Å². The van der Waals surface area contributed by atoms with Crippen LogP contribution in [-0.4, -0.2) is 39.0 Å². The van der Waals surface area contributed by atoms with Crippen LogP contribution >= 0.6 is 0 Å². The van der Waals surface area contributed by atoms with E-state index in [0.717, 1.165) is 48.0 Å². The Hall–Kier alpha value is -2.01. The van der Waals surface area contributed by atoms with Crippen molar-refractivity contribution in [2.24, 2.45) is 11.3 Å².